The Bertz CT molecular complexity index is 645. The summed E-state index contributed by atoms with van der Waals surface area (Å²) in [4.78, 5) is 36.3. The third-order valence-corrected chi connectivity index (χ3v) is 4.06. The largest absolute Gasteiger partial charge is 0.490 e. The van der Waals surface area contributed by atoms with Gasteiger partial charge in [-0.3, -0.25) is 14.4 Å². The number of ether oxygens (including phenoxy) is 1. The highest BCUT2D eigenvalue weighted by Crippen LogP contribution is 2.18. The summed E-state index contributed by atoms with van der Waals surface area (Å²) in [6.07, 6.45) is 1.41. The van der Waals surface area contributed by atoms with E-state index in [1.54, 1.807) is 16.5 Å². The fourth-order valence-electron chi connectivity index (χ4n) is 2.53. The zero-order valence-electron chi connectivity index (χ0n) is 13.8. The van der Waals surface area contributed by atoms with Crippen molar-refractivity contribution in [3.63, 3.8) is 0 Å². The molecule has 2 heterocycles. The van der Waals surface area contributed by atoms with E-state index in [4.69, 9.17) is 4.74 Å². The van der Waals surface area contributed by atoms with E-state index in [2.05, 4.69) is 5.32 Å². The van der Waals surface area contributed by atoms with E-state index >= 15 is 0 Å². The van der Waals surface area contributed by atoms with Gasteiger partial charge in [0.25, 0.3) is 5.56 Å². The molecule has 0 spiro atoms. The first-order valence-corrected chi connectivity index (χ1v) is 7.73. The van der Waals surface area contributed by atoms with Crippen molar-refractivity contribution in [3.8, 4) is 5.75 Å². The Morgan fingerprint density at radius 3 is 2.52 bits per heavy atom. The highest BCUT2D eigenvalue weighted by molar-refractivity contribution is 5.83. The second-order valence-corrected chi connectivity index (χ2v) is 5.84. The number of carbonyl (C=O) groups is 2. The van der Waals surface area contributed by atoms with Crippen LogP contribution in [0.5, 0.6) is 5.75 Å². The van der Waals surface area contributed by atoms with Crippen molar-refractivity contribution in [3.05, 3.63) is 28.2 Å². The molecule has 2 amide bonds. The summed E-state index contributed by atoms with van der Waals surface area (Å²) in [6, 6.07) is 3.33. The molecule has 0 unspecified atom stereocenters. The van der Waals surface area contributed by atoms with Gasteiger partial charge in [0.05, 0.1) is 6.54 Å². The van der Waals surface area contributed by atoms with Crippen LogP contribution >= 0.6 is 0 Å². The summed E-state index contributed by atoms with van der Waals surface area (Å²) in [5.74, 6) is 0.286. The summed E-state index contributed by atoms with van der Waals surface area (Å²) in [6.45, 7) is 4.46. The van der Waals surface area contributed by atoms with Gasteiger partial charge in [-0.05, 0) is 13.0 Å². The maximum absolute atomic E-state index is 11.9. The average Bonchev–Trinajstić information content (AvgIpc) is 2.51. The molecule has 0 saturated carbocycles. The van der Waals surface area contributed by atoms with Crippen molar-refractivity contribution < 1.29 is 14.3 Å². The molecule has 0 aromatic carbocycles. The van der Waals surface area contributed by atoms with Crippen LogP contribution in [0.3, 0.4) is 0 Å². The summed E-state index contributed by atoms with van der Waals surface area (Å²) in [5, 5.41) is 2.51. The van der Waals surface area contributed by atoms with E-state index in [9.17, 15) is 14.4 Å². The van der Waals surface area contributed by atoms with Crippen molar-refractivity contribution >= 4 is 11.8 Å². The molecule has 126 valence electrons. The van der Waals surface area contributed by atoms with Crippen molar-refractivity contribution in [2.75, 3.05) is 19.6 Å². The minimum Gasteiger partial charge on any atom is -0.490 e. The van der Waals surface area contributed by atoms with Gasteiger partial charge in [0.15, 0.2) is 0 Å². The zero-order valence-corrected chi connectivity index (χ0v) is 13.8. The number of nitrogens with zero attached hydrogens (tertiary/aromatic N) is 2. The fourth-order valence-corrected chi connectivity index (χ4v) is 2.53. The van der Waals surface area contributed by atoms with Gasteiger partial charge in [-0.1, -0.05) is 0 Å². The fraction of sp³-hybridized carbons (Fsp3) is 0.562. The molecule has 1 aromatic rings. The predicted octanol–water partition coefficient (Wildman–Crippen LogP) is 0.200. The Kier molecular flexibility index (Phi) is 5.41. The maximum Gasteiger partial charge on any atom is 0.254 e. The third kappa shape index (κ3) is 4.58. The van der Waals surface area contributed by atoms with Crippen LogP contribution in [0.2, 0.25) is 0 Å². The lowest BCUT2D eigenvalue weighted by molar-refractivity contribution is -0.134. The van der Waals surface area contributed by atoms with Crippen molar-refractivity contribution in [1.82, 2.24) is 14.8 Å². The smallest absolute Gasteiger partial charge is 0.254 e. The SMILES string of the molecule is CC(=O)NCC(=O)N1CCC(Oc2cc(C)n(C)c(=O)c2)CC1. The summed E-state index contributed by atoms with van der Waals surface area (Å²) in [7, 11) is 1.72. The molecule has 2 rings (SSSR count). The molecule has 0 atom stereocenters. The maximum atomic E-state index is 11.9. The zero-order chi connectivity index (χ0) is 17.0. The molecule has 1 aliphatic heterocycles. The van der Waals surface area contributed by atoms with Gasteiger partial charge in [0.2, 0.25) is 11.8 Å². The summed E-state index contributed by atoms with van der Waals surface area (Å²) in [5.41, 5.74) is 0.748. The molecule has 7 heteroatoms. The second-order valence-electron chi connectivity index (χ2n) is 5.84. The lowest BCUT2D eigenvalue weighted by Crippen LogP contribution is -2.45. The molecule has 1 aliphatic rings. The van der Waals surface area contributed by atoms with Gasteiger partial charge in [-0.25, -0.2) is 0 Å². The average molecular weight is 321 g/mol. The van der Waals surface area contributed by atoms with Gasteiger partial charge >= 0.3 is 0 Å². The molecule has 1 saturated heterocycles. The minimum absolute atomic E-state index is 0.00803. The normalized spacial score (nSPS) is 15.3. The number of aromatic nitrogens is 1. The van der Waals surface area contributed by atoms with Gasteiger partial charge in [-0.2, -0.15) is 0 Å². The number of piperidine rings is 1. The molecule has 1 N–H and O–H groups in total. The number of likely N-dealkylation sites (tertiary alicyclic amines) is 1. The number of pyridine rings is 1. The van der Waals surface area contributed by atoms with E-state index < -0.39 is 0 Å². The molecule has 1 aromatic heterocycles. The number of hydrogen-bond donors (Lipinski definition) is 1. The molecule has 0 aliphatic carbocycles. The molecular formula is C16H23N3O4. The van der Waals surface area contributed by atoms with Gasteiger partial charge in [0.1, 0.15) is 11.9 Å². The summed E-state index contributed by atoms with van der Waals surface area (Å²) >= 11 is 0. The van der Waals surface area contributed by atoms with Crippen LogP contribution in [-0.4, -0.2) is 47.0 Å². The number of amides is 2. The molecule has 7 nitrogen and oxygen atoms in total. The Balaban J connectivity index is 1.86. The number of rotatable bonds is 4. The summed E-state index contributed by atoms with van der Waals surface area (Å²) < 4.78 is 7.44. The number of aryl methyl sites for hydroxylation is 1. The second kappa shape index (κ2) is 7.30. The van der Waals surface area contributed by atoms with E-state index in [1.165, 1.54) is 13.0 Å². The van der Waals surface area contributed by atoms with Gasteiger partial charge in [0, 0.05) is 51.7 Å². The van der Waals surface area contributed by atoms with E-state index in [0.717, 1.165) is 5.69 Å². The van der Waals surface area contributed by atoms with E-state index in [1.807, 2.05) is 13.0 Å². The lowest BCUT2D eigenvalue weighted by atomic mass is 10.1. The predicted molar refractivity (Wildman–Crippen MR) is 85.3 cm³/mol. The Morgan fingerprint density at radius 2 is 1.96 bits per heavy atom. The monoisotopic (exact) mass is 321 g/mol. The molecule has 0 bridgehead atoms. The quantitative estimate of drug-likeness (QED) is 0.859. The number of hydrogen-bond acceptors (Lipinski definition) is 4. The van der Waals surface area contributed by atoms with Crippen molar-refractivity contribution in [2.45, 2.75) is 32.8 Å². The topological polar surface area (TPSA) is 80.6 Å². The van der Waals surface area contributed by atoms with E-state index in [-0.39, 0.29) is 30.0 Å². The van der Waals surface area contributed by atoms with Crippen LogP contribution in [0.4, 0.5) is 0 Å². The first-order chi connectivity index (χ1) is 10.9. The van der Waals surface area contributed by atoms with Crippen LogP contribution in [0.1, 0.15) is 25.5 Å². The Labute approximate surface area is 135 Å². The molecular weight excluding hydrogens is 298 g/mol. The van der Waals surface area contributed by atoms with Crippen molar-refractivity contribution in [2.24, 2.45) is 7.05 Å². The molecule has 23 heavy (non-hydrogen) atoms. The highest BCUT2D eigenvalue weighted by Gasteiger charge is 2.24. The van der Waals surface area contributed by atoms with E-state index in [0.29, 0.717) is 31.7 Å². The Hall–Kier alpha value is -2.31. The van der Waals surface area contributed by atoms with Gasteiger partial charge in [-0.15, -0.1) is 0 Å². The van der Waals surface area contributed by atoms with Crippen LogP contribution in [0.25, 0.3) is 0 Å². The van der Waals surface area contributed by atoms with Crippen LogP contribution in [0, 0.1) is 6.92 Å². The van der Waals surface area contributed by atoms with Crippen LogP contribution < -0.4 is 15.6 Å². The number of nitrogens with one attached hydrogen (secondary N) is 1. The lowest BCUT2D eigenvalue weighted by Gasteiger charge is -2.32. The first kappa shape index (κ1) is 17.1. The third-order valence-electron chi connectivity index (χ3n) is 4.06. The van der Waals surface area contributed by atoms with Crippen LogP contribution in [0.15, 0.2) is 16.9 Å². The Morgan fingerprint density at radius 1 is 1.30 bits per heavy atom. The minimum atomic E-state index is -0.211. The molecule has 1 fully saturated rings. The molecule has 0 radical (unpaired) electrons. The standard InChI is InChI=1S/C16H23N3O4/c1-11-8-14(9-15(21)18(11)3)23-13-4-6-19(7-5-13)16(22)10-17-12(2)20/h8-9,13H,4-7,10H2,1-3H3,(H,17,20). The first-order valence-electron chi connectivity index (χ1n) is 7.73. The number of carbonyl (C=O) groups excluding carboxylic acids is 2. The van der Waals surface area contributed by atoms with Crippen LogP contribution in [-0.2, 0) is 16.6 Å². The van der Waals surface area contributed by atoms with Gasteiger partial charge < -0.3 is 19.5 Å². The van der Waals surface area contributed by atoms with Crippen molar-refractivity contribution in [1.29, 1.82) is 0 Å². The highest BCUT2D eigenvalue weighted by atomic mass is 16.5.